The van der Waals surface area contributed by atoms with E-state index < -0.39 is 0 Å². The first-order valence-corrected chi connectivity index (χ1v) is 5.57. The lowest BCUT2D eigenvalue weighted by molar-refractivity contribution is 0.0931. The molecule has 2 rings (SSSR count). The van der Waals surface area contributed by atoms with Crippen LogP contribution in [0.3, 0.4) is 0 Å². The van der Waals surface area contributed by atoms with Gasteiger partial charge < -0.3 is 5.32 Å². The highest BCUT2D eigenvalue weighted by Gasteiger charge is 2.23. The molecule has 1 unspecified atom stereocenters. The minimum atomic E-state index is -0.267. The van der Waals surface area contributed by atoms with Gasteiger partial charge in [0.15, 0.2) is 0 Å². The zero-order valence-corrected chi connectivity index (χ0v) is 9.31. The van der Waals surface area contributed by atoms with Crippen molar-refractivity contribution in [3.05, 3.63) is 5.82 Å². The Labute approximate surface area is 93.6 Å². The fourth-order valence-electron chi connectivity index (χ4n) is 2.09. The first kappa shape index (κ1) is 11.0. The van der Waals surface area contributed by atoms with Gasteiger partial charge in [-0.3, -0.25) is 9.69 Å². The van der Waals surface area contributed by atoms with Crippen LogP contribution in [0.25, 0.3) is 0 Å². The molecule has 7 heteroatoms. The van der Waals surface area contributed by atoms with Gasteiger partial charge >= 0.3 is 0 Å². The van der Waals surface area contributed by atoms with E-state index in [-0.39, 0.29) is 11.7 Å². The van der Waals surface area contributed by atoms with E-state index >= 15 is 0 Å². The molecular weight excluding hydrogens is 208 g/mol. The smallest absolute Gasteiger partial charge is 0.292 e. The summed E-state index contributed by atoms with van der Waals surface area (Å²) >= 11 is 0. The highest BCUT2D eigenvalue weighted by Crippen LogP contribution is 2.15. The molecule has 88 valence electrons. The van der Waals surface area contributed by atoms with Crippen molar-refractivity contribution in [3.8, 4) is 0 Å². The molecule has 1 aromatic rings. The number of aromatic amines is 1. The Bertz CT molecular complexity index is 338. The molecule has 1 saturated heterocycles. The first-order chi connectivity index (χ1) is 7.81. The Hall–Kier alpha value is -1.50. The number of aromatic nitrogens is 4. The molecule has 0 saturated carbocycles. The Kier molecular flexibility index (Phi) is 3.45. The predicted molar refractivity (Wildman–Crippen MR) is 56.8 cm³/mol. The number of hydrogen-bond acceptors (Lipinski definition) is 5. The maximum atomic E-state index is 11.5. The molecule has 1 aliphatic rings. The molecule has 0 spiro atoms. The Balaban J connectivity index is 1.81. The largest absolute Gasteiger partial charge is 0.348 e. The molecule has 0 aliphatic carbocycles. The maximum Gasteiger partial charge on any atom is 0.292 e. The normalized spacial score (nSPS) is 21.2. The zero-order chi connectivity index (χ0) is 11.4. The van der Waals surface area contributed by atoms with Crippen LogP contribution < -0.4 is 5.32 Å². The molecule has 0 radical (unpaired) electrons. The van der Waals surface area contributed by atoms with E-state index in [0.29, 0.717) is 12.6 Å². The van der Waals surface area contributed by atoms with Crippen LogP contribution in [0.2, 0.25) is 0 Å². The lowest BCUT2D eigenvalue weighted by Gasteiger charge is -2.22. The van der Waals surface area contributed by atoms with Crippen molar-refractivity contribution in [2.75, 3.05) is 19.6 Å². The first-order valence-electron chi connectivity index (χ1n) is 5.57. The van der Waals surface area contributed by atoms with Crippen LogP contribution >= 0.6 is 0 Å². The summed E-state index contributed by atoms with van der Waals surface area (Å²) in [6.07, 6.45) is 2.34. The number of likely N-dealkylation sites (N-methyl/N-ethyl adjacent to an activating group) is 1. The zero-order valence-electron chi connectivity index (χ0n) is 9.31. The molecule has 0 aromatic carbocycles. The molecule has 1 aromatic heterocycles. The quantitative estimate of drug-likeness (QED) is 0.714. The number of likely N-dealkylation sites (tertiary alicyclic amines) is 1. The van der Waals surface area contributed by atoms with Gasteiger partial charge in [-0.05, 0) is 31.1 Å². The van der Waals surface area contributed by atoms with E-state index in [1.54, 1.807) is 0 Å². The fraction of sp³-hybridized carbons (Fsp3) is 0.778. The highest BCUT2D eigenvalue weighted by atomic mass is 16.2. The molecule has 1 amide bonds. The van der Waals surface area contributed by atoms with Gasteiger partial charge in [0, 0.05) is 12.6 Å². The van der Waals surface area contributed by atoms with Gasteiger partial charge in [0.2, 0.25) is 0 Å². The predicted octanol–water partition coefficient (Wildman–Crippen LogP) is -0.586. The summed E-state index contributed by atoms with van der Waals surface area (Å²) in [5.74, 6) is -0.169. The van der Waals surface area contributed by atoms with Crippen LogP contribution in [-0.2, 0) is 0 Å². The molecule has 16 heavy (non-hydrogen) atoms. The summed E-state index contributed by atoms with van der Waals surface area (Å²) in [5.41, 5.74) is 0. The van der Waals surface area contributed by atoms with Crippen molar-refractivity contribution in [1.82, 2.24) is 30.8 Å². The third-order valence-corrected chi connectivity index (χ3v) is 2.95. The lowest BCUT2D eigenvalue weighted by Crippen LogP contribution is -2.40. The molecular formula is C9H16N6O. The fourth-order valence-corrected chi connectivity index (χ4v) is 2.09. The van der Waals surface area contributed by atoms with E-state index in [4.69, 9.17) is 0 Å². The second-order valence-corrected chi connectivity index (χ2v) is 3.87. The lowest BCUT2D eigenvalue weighted by atomic mass is 10.2. The number of nitrogens with zero attached hydrogens (tertiary/aromatic N) is 4. The molecule has 2 heterocycles. The summed E-state index contributed by atoms with van der Waals surface area (Å²) < 4.78 is 0. The summed E-state index contributed by atoms with van der Waals surface area (Å²) in [6, 6.07) is 0.445. The van der Waals surface area contributed by atoms with Gasteiger partial charge in [0.05, 0.1) is 0 Å². The number of rotatable bonds is 4. The average Bonchev–Trinajstić information content (AvgIpc) is 2.96. The topological polar surface area (TPSA) is 86.8 Å². The van der Waals surface area contributed by atoms with Gasteiger partial charge in [0.1, 0.15) is 0 Å². The standard InChI is InChI=1S/C9H16N6O/c1-2-15-5-3-4-7(15)6-10-9(16)8-11-13-14-12-8/h7H,2-6H2,1H3,(H,10,16)(H,11,12,13,14). The number of amides is 1. The Morgan fingerprint density at radius 3 is 3.25 bits per heavy atom. The maximum absolute atomic E-state index is 11.5. The van der Waals surface area contributed by atoms with Crippen LogP contribution in [0, 0.1) is 0 Å². The summed E-state index contributed by atoms with van der Waals surface area (Å²) in [6.45, 7) is 4.95. The molecule has 0 bridgehead atoms. The van der Waals surface area contributed by atoms with Gasteiger partial charge in [0.25, 0.3) is 11.7 Å². The van der Waals surface area contributed by atoms with Crippen molar-refractivity contribution < 1.29 is 4.79 Å². The SMILES string of the molecule is CCN1CCCC1CNC(=O)c1nn[nH]n1. The van der Waals surface area contributed by atoms with Crippen LogP contribution in [-0.4, -0.2) is 57.1 Å². The van der Waals surface area contributed by atoms with E-state index in [1.807, 2.05) is 0 Å². The third kappa shape index (κ3) is 2.35. The van der Waals surface area contributed by atoms with E-state index in [0.717, 1.165) is 19.5 Å². The number of nitrogens with one attached hydrogen (secondary N) is 2. The Morgan fingerprint density at radius 1 is 1.69 bits per heavy atom. The van der Waals surface area contributed by atoms with Crippen molar-refractivity contribution in [1.29, 1.82) is 0 Å². The van der Waals surface area contributed by atoms with Crippen LogP contribution in [0.1, 0.15) is 30.4 Å². The molecule has 1 fully saturated rings. The van der Waals surface area contributed by atoms with Gasteiger partial charge in [-0.15, -0.1) is 10.2 Å². The number of carbonyl (C=O) groups is 1. The summed E-state index contributed by atoms with van der Waals surface area (Å²) in [5, 5.41) is 15.7. The number of hydrogen-bond donors (Lipinski definition) is 2. The molecule has 2 N–H and O–H groups in total. The van der Waals surface area contributed by atoms with Crippen molar-refractivity contribution >= 4 is 5.91 Å². The van der Waals surface area contributed by atoms with E-state index in [2.05, 4.69) is 37.8 Å². The van der Waals surface area contributed by atoms with Gasteiger partial charge in [-0.25, -0.2) is 0 Å². The minimum absolute atomic E-state index is 0.0982. The Morgan fingerprint density at radius 2 is 2.56 bits per heavy atom. The molecule has 1 atom stereocenters. The van der Waals surface area contributed by atoms with Crippen molar-refractivity contribution in [3.63, 3.8) is 0 Å². The van der Waals surface area contributed by atoms with Crippen molar-refractivity contribution in [2.24, 2.45) is 0 Å². The summed E-state index contributed by atoms with van der Waals surface area (Å²) in [7, 11) is 0. The van der Waals surface area contributed by atoms with Gasteiger partial charge in [-0.2, -0.15) is 5.21 Å². The number of tetrazole rings is 1. The number of H-pyrrole nitrogens is 1. The average molecular weight is 224 g/mol. The summed E-state index contributed by atoms with van der Waals surface area (Å²) in [4.78, 5) is 13.9. The van der Waals surface area contributed by atoms with Crippen molar-refractivity contribution in [2.45, 2.75) is 25.8 Å². The highest BCUT2D eigenvalue weighted by molar-refractivity contribution is 5.90. The van der Waals surface area contributed by atoms with Crippen LogP contribution in [0.15, 0.2) is 0 Å². The second-order valence-electron chi connectivity index (χ2n) is 3.87. The molecule has 1 aliphatic heterocycles. The van der Waals surface area contributed by atoms with Crippen LogP contribution in [0.4, 0.5) is 0 Å². The second kappa shape index (κ2) is 5.02. The van der Waals surface area contributed by atoms with E-state index in [9.17, 15) is 4.79 Å². The third-order valence-electron chi connectivity index (χ3n) is 2.95. The van der Waals surface area contributed by atoms with Gasteiger partial charge in [-0.1, -0.05) is 6.92 Å². The molecule has 7 nitrogen and oxygen atoms in total. The van der Waals surface area contributed by atoms with E-state index in [1.165, 1.54) is 6.42 Å². The minimum Gasteiger partial charge on any atom is -0.348 e. The number of carbonyl (C=O) groups excluding carboxylic acids is 1. The monoisotopic (exact) mass is 224 g/mol. The van der Waals surface area contributed by atoms with Crippen LogP contribution in [0.5, 0.6) is 0 Å².